The van der Waals surface area contributed by atoms with E-state index in [4.69, 9.17) is 0 Å². The van der Waals surface area contributed by atoms with Crippen molar-refractivity contribution in [3.63, 3.8) is 0 Å². The first-order valence-electron chi connectivity index (χ1n) is 6.83. The third kappa shape index (κ3) is 2.38. The van der Waals surface area contributed by atoms with Crippen LogP contribution in [-0.4, -0.2) is 27.4 Å². The van der Waals surface area contributed by atoms with Crippen LogP contribution in [0.3, 0.4) is 0 Å². The van der Waals surface area contributed by atoms with Gasteiger partial charge in [-0.1, -0.05) is 0 Å². The maximum absolute atomic E-state index is 12.5. The van der Waals surface area contributed by atoms with E-state index in [0.29, 0.717) is 12.5 Å². The molecule has 0 bridgehead atoms. The number of amides is 1. The van der Waals surface area contributed by atoms with Gasteiger partial charge in [0, 0.05) is 43.2 Å². The van der Waals surface area contributed by atoms with Gasteiger partial charge in [-0.15, -0.1) is 11.3 Å². The molecule has 2 atom stereocenters. The second-order valence-corrected chi connectivity index (χ2v) is 6.51. The molecule has 1 saturated carbocycles. The van der Waals surface area contributed by atoms with E-state index in [1.165, 1.54) is 10.4 Å². The van der Waals surface area contributed by atoms with Crippen molar-refractivity contribution >= 4 is 17.2 Å². The molecule has 0 aliphatic heterocycles. The zero-order valence-corrected chi connectivity index (χ0v) is 12.9. The predicted molar refractivity (Wildman–Crippen MR) is 79.6 cm³/mol. The van der Waals surface area contributed by atoms with E-state index in [0.717, 1.165) is 12.2 Å². The second-order valence-electron chi connectivity index (χ2n) is 5.57. The molecule has 0 aromatic carbocycles. The number of nitrogens with zero attached hydrogens (tertiary/aromatic N) is 3. The van der Waals surface area contributed by atoms with Gasteiger partial charge in [0.2, 0.25) is 5.91 Å². The molecule has 1 amide bonds. The van der Waals surface area contributed by atoms with Crippen LogP contribution in [0.1, 0.15) is 28.6 Å². The SMILES string of the molecule is Cc1ccsc1[C@@H]1C[C@H]1C(=O)N(C)Cc1nccn1C. The van der Waals surface area contributed by atoms with Crippen LogP contribution in [0, 0.1) is 12.8 Å². The van der Waals surface area contributed by atoms with E-state index < -0.39 is 0 Å². The number of hydrogen-bond acceptors (Lipinski definition) is 3. The van der Waals surface area contributed by atoms with E-state index in [1.54, 1.807) is 22.4 Å². The highest BCUT2D eigenvalue weighted by Gasteiger charge is 2.46. The lowest BCUT2D eigenvalue weighted by Gasteiger charge is -2.17. The number of thiophene rings is 1. The maximum atomic E-state index is 12.5. The minimum atomic E-state index is 0.164. The molecule has 106 valence electrons. The quantitative estimate of drug-likeness (QED) is 0.867. The molecule has 4 nitrogen and oxygen atoms in total. The van der Waals surface area contributed by atoms with Crippen molar-refractivity contribution in [3.8, 4) is 0 Å². The summed E-state index contributed by atoms with van der Waals surface area (Å²) in [7, 11) is 3.82. The second kappa shape index (κ2) is 5.05. The summed E-state index contributed by atoms with van der Waals surface area (Å²) in [5, 5.41) is 2.11. The van der Waals surface area contributed by atoms with Crippen LogP contribution in [0.5, 0.6) is 0 Å². The first-order valence-corrected chi connectivity index (χ1v) is 7.71. The molecule has 0 saturated heterocycles. The van der Waals surface area contributed by atoms with Crippen LogP contribution in [-0.2, 0) is 18.4 Å². The molecule has 1 fully saturated rings. The van der Waals surface area contributed by atoms with Crippen LogP contribution in [0.2, 0.25) is 0 Å². The molecule has 5 heteroatoms. The Morgan fingerprint density at radius 2 is 2.40 bits per heavy atom. The van der Waals surface area contributed by atoms with Crippen molar-refractivity contribution in [1.82, 2.24) is 14.5 Å². The van der Waals surface area contributed by atoms with Gasteiger partial charge < -0.3 is 9.47 Å². The number of imidazole rings is 1. The third-order valence-electron chi connectivity index (χ3n) is 4.02. The lowest BCUT2D eigenvalue weighted by Crippen LogP contribution is -2.29. The third-order valence-corrected chi connectivity index (χ3v) is 5.17. The number of aryl methyl sites for hydroxylation is 2. The Balaban J connectivity index is 1.63. The number of rotatable bonds is 4. The fourth-order valence-electron chi connectivity index (χ4n) is 2.64. The molecule has 0 unspecified atom stereocenters. The first kappa shape index (κ1) is 13.4. The van der Waals surface area contributed by atoms with Gasteiger partial charge in [0.1, 0.15) is 5.82 Å². The Hall–Kier alpha value is -1.62. The van der Waals surface area contributed by atoms with Crippen LogP contribution in [0.25, 0.3) is 0 Å². The Labute approximate surface area is 123 Å². The highest BCUT2D eigenvalue weighted by molar-refractivity contribution is 7.10. The van der Waals surface area contributed by atoms with Gasteiger partial charge in [-0.25, -0.2) is 4.98 Å². The van der Waals surface area contributed by atoms with E-state index in [1.807, 2.05) is 24.9 Å². The summed E-state index contributed by atoms with van der Waals surface area (Å²) in [5.74, 6) is 1.76. The lowest BCUT2D eigenvalue weighted by atomic mass is 10.2. The van der Waals surface area contributed by atoms with Gasteiger partial charge in [-0.3, -0.25) is 4.79 Å². The Morgan fingerprint density at radius 1 is 1.60 bits per heavy atom. The zero-order valence-electron chi connectivity index (χ0n) is 12.0. The molecule has 3 rings (SSSR count). The largest absolute Gasteiger partial charge is 0.338 e. The van der Waals surface area contributed by atoms with Crippen LogP contribution in [0.15, 0.2) is 23.8 Å². The van der Waals surface area contributed by atoms with Crippen LogP contribution >= 0.6 is 11.3 Å². The Morgan fingerprint density at radius 3 is 3.00 bits per heavy atom. The molecule has 2 heterocycles. The summed E-state index contributed by atoms with van der Waals surface area (Å²) in [4.78, 5) is 19.9. The smallest absolute Gasteiger partial charge is 0.226 e. The molecule has 1 aliphatic carbocycles. The van der Waals surface area contributed by atoms with Gasteiger partial charge >= 0.3 is 0 Å². The highest BCUT2D eigenvalue weighted by Crippen LogP contribution is 2.51. The fourth-order valence-corrected chi connectivity index (χ4v) is 3.75. The van der Waals surface area contributed by atoms with Gasteiger partial charge in [0.15, 0.2) is 0 Å². The van der Waals surface area contributed by atoms with Crippen molar-refractivity contribution in [2.24, 2.45) is 13.0 Å². The van der Waals surface area contributed by atoms with Crippen molar-refractivity contribution < 1.29 is 4.79 Å². The number of aromatic nitrogens is 2. The Bertz CT molecular complexity index is 627. The summed E-state index contributed by atoms with van der Waals surface area (Å²) >= 11 is 1.77. The normalized spacial score (nSPS) is 20.9. The highest BCUT2D eigenvalue weighted by atomic mass is 32.1. The van der Waals surface area contributed by atoms with Gasteiger partial charge in [-0.2, -0.15) is 0 Å². The summed E-state index contributed by atoms with van der Waals surface area (Å²) in [5.41, 5.74) is 1.32. The summed E-state index contributed by atoms with van der Waals surface area (Å²) in [6.07, 6.45) is 4.66. The molecule has 2 aromatic rings. The van der Waals surface area contributed by atoms with Crippen LogP contribution < -0.4 is 0 Å². The maximum Gasteiger partial charge on any atom is 0.226 e. The monoisotopic (exact) mass is 289 g/mol. The van der Waals surface area contributed by atoms with Crippen molar-refractivity contribution in [3.05, 3.63) is 40.1 Å². The minimum Gasteiger partial charge on any atom is -0.338 e. The molecular weight excluding hydrogens is 270 g/mol. The Kier molecular flexibility index (Phi) is 3.38. The van der Waals surface area contributed by atoms with E-state index in [-0.39, 0.29) is 11.8 Å². The average molecular weight is 289 g/mol. The molecule has 0 N–H and O–H groups in total. The van der Waals surface area contributed by atoms with Crippen molar-refractivity contribution in [1.29, 1.82) is 0 Å². The first-order chi connectivity index (χ1) is 9.58. The molecule has 2 aromatic heterocycles. The van der Waals surface area contributed by atoms with Gasteiger partial charge in [0.05, 0.1) is 6.54 Å². The van der Waals surface area contributed by atoms with E-state index in [2.05, 4.69) is 23.4 Å². The number of carbonyl (C=O) groups excluding carboxylic acids is 1. The lowest BCUT2D eigenvalue weighted by molar-refractivity contribution is -0.132. The molecular formula is C15H19N3OS. The van der Waals surface area contributed by atoms with E-state index in [9.17, 15) is 4.79 Å². The molecule has 0 spiro atoms. The summed E-state index contributed by atoms with van der Waals surface area (Å²) in [6, 6.07) is 2.14. The summed E-state index contributed by atoms with van der Waals surface area (Å²) < 4.78 is 1.96. The van der Waals surface area contributed by atoms with Gasteiger partial charge in [0.25, 0.3) is 0 Å². The summed E-state index contributed by atoms with van der Waals surface area (Å²) in [6.45, 7) is 2.71. The van der Waals surface area contributed by atoms with Gasteiger partial charge in [-0.05, 0) is 30.4 Å². The topological polar surface area (TPSA) is 38.1 Å². The average Bonchev–Trinajstić information content (AvgIpc) is 2.94. The molecule has 0 radical (unpaired) electrons. The zero-order chi connectivity index (χ0) is 14.3. The van der Waals surface area contributed by atoms with Crippen molar-refractivity contribution in [2.45, 2.75) is 25.8 Å². The van der Waals surface area contributed by atoms with Crippen LogP contribution in [0.4, 0.5) is 0 Å². The predicted octanol–water partition coefficient (Wildman–Crippen LogP) is 2.55. The minimum absolute atomic E-state index is 0.164. The number of carbonyl (C=O) groups is 1. The van der Waals surface area contributed by atoms with Crippen molar-refractivity contribution in [2.75, 3.05) is 7.05 Å². The van der Waals surface area contributed by atoms with E-state index >= 15 is 0 Å². The number of hydrogen-bond donors (Lipinski definition) is 0. The molecule has 1 aliphatic rings. The fraction of sp³-hybridized carbons (Fsp3) is 0.467. The standard InChI is InChI=1S/C15H19N3OS/c1-10-4-7-20-14(10)11-8-12(11)15(19)18(3)9-13-16-5-6-17(13)2/h4-7,11-12H,8-9H2,1-3H3/t11-,12-/m1/s1. The molecule has 20 heavy (non-hydrogen) atoms.